The average Bonchev–Trinajstić information content (AvgIpc) is 2.78. The van der Waals surface area contributed by atoms with Gasteiger partial charge >= 0.3 is 12.1 Å². The summed E-state index contributed by atoms with van der Waals surface area (Å²) in [6.45, 7) is 6.98. The number of amides is 1. The Labute approximate surface area is 114 Å². The van der Waals surface area contributed by atoms with E-state index in [1.165, 1.54) is 7.11 Å². The molecule has 0 radical (unpaired) electrons. The first kappa shape index (κ1) is 15.5. The monoisotopic (exact) mass is 269 g/mol. The third kappa shape index (κ3) is 3.98. The molecule has 0 saturated carbocycles. The molecule has 0 aromatic rings. The standard InChI is InChI=1S/C14H23NO4/c1-13(2,3)19-12(17)15-14(4,11(16)18-5)10-8-6-7-9-10/h8H,6-7,9H2,1-5H3,(H,15,17)/t14-/m0/s1. The van der Waals surface area contributed by atoms with Crippen LogP contribution in [0.3, 0.4) is 0 Å². The fourth-order valence-electron chi connectivity index (χ4n) is 2.10. The second-order valence-electron chi connectivity index (χ2n) is 5.87. The molecule has 0 heterocycles. The van der Waals surface area contributed by atoms with Crippen molar-refractivity contribution in [3.63, 3.8) is 0 Å². The van der Waals surface area contributed by atoms with Gasteiger partial charge in [-0.05, 0) is 52.5 Å². The average molecular weight is 269 g/mol. The van der Waals surface area contributed by atoms with Crippen molar-refractivity contribution in [2.45, 2.75) is 58.1 Å². The van der Waals surface area contributed by atoms with Crippen molar-refractivity contribution < 1.29 is 19.1 Å². The summed E-state index contributed by atoms with van der Waals surface area (Å²) in [5.41, 5.74) is -0.871. The molecule has 1 aliphatic carbocycles. The van der Waals surface area contributed by atoms with Crippen LogP contribution in [0.5, 0.6) is 0 Å². The van der Waals surface area contributed by atoms with Crippen LogP contribution in [-0.4, -0.2) is 30.3 Å². The number of hydrogen-bond acceptors (Lipinski definition) is 4. The highest BCUT2D eigenvalue weighted by atomic mass is 16.6. The Morgan fingerprint density at radius 1 is 1.26 bits per heavy atom. The van der Waals surface area contributed by atoms with Gasteiger partial charge in [-0.3, -0.25) is 0 Å². The molecule has 1 amide bonds. The van der Waals surface area contributed by atoms with Crippen molar-refractivity contribution in [3.05, 3.63) is 11.6 Å². The Morgan fingerprint density at radius 2 is 1.89 bits per heavy atom. The van der Waals surface area contributed by atoms with Gasteiger partial charge in [0.25, 0.3) is 0 Å². The van der Waals surface area contributed by atoms with Crippen LogP contribution in [-0.2, 0) is 14.3 Å². The topological polar surface area (TPSA) is 64.6 Å². The Hall–Kier alpha value is -1.52. The first-order chi connectivity index (χ1) is 8.69. The summed E-state index contributed by atoms with van der Waals surface area (Å²) in [5.74, 6) is -0.480. The number of carbonyl (C=O) groups excluding carboxylic acids is 2. The molecule has 0 unspecified atom stereocenters. The number of nitrogens with one attached hydrogen (secondary N) is 1. The van der Waals surface area contributed by atoms with Gasteiger partial charge < -0.3 is 14.8 Å². The molecule has 1 atom stereocenters. The molecule has 0 saturated heterocycles. The molecule has 5 nitrogen and oxygen atoms in total. The molecule has 1 rings (SSSR count). The zero-order valence-electron chi connectivity index (χ0n) is 12.3. The number of ether oxygens (including phenoxy) is 2. The van der Waals surface area contributed by atoms with E-state index in [-0.39, 0.29) is 0 Å². The molecular formula is C14H23NO4. The minimum atomic E-state index is -1.15. The van der Waals surface area contributed by atoms with Crippen molar-refractivity contribution in [1.29, 1.82) is 0 Å². The zero-order valence-corrected chi connectivity index (χ0v) is 12.3. The van der Waals surface area contributed by atoms with E-state index in [1.807, 2.05) is 6.08 Å². The second kappa shape index (κ2) is 5.63. The Balaban J connectivity index is 2.87. The van der Waals surface area contributed by atoms with E-state index in [1.54, 1.807) is 27.7 Å². The molecular weight excluding hydrogens is 246 g/mol. The maximum absolute atomic E-state index is 12.0. The number of allylic oxidation sites excluding steroid dienone is 1. The van der Waals surface area contributed by atoms with Gasteiger partial charge in [-0.25, -0.2) is 9.59 Å². The van der Waals surface area contributed by atoms with Crippen molar-refractivity contribution in [3.8, 4) is 0 Å². The number of methoxy groups -OCH3 is 1. The van der Waals surface area contributed by atoms with Crippen molar-refractivity contribution in [1.82, 2.24) is 5.32 Å². The molecule has 0 spiro atoms. The first-order valence-corrected chi connectivity index (χ1v) is 6.48. The predicted octanol–water partition coefficient (Wildman–Crippen LogP) is 2.55. The highest BCUT2D eigenvalue weighted by Gasteiger charge is 2.41. The van der Waals surface area contributed by atoms with Crippen LogP contribution >= 0.6 is 0 Å². The summed E-state index contributed by atoms with van der Waals surface area (Å²) >= 11 is 0. The Kier molecular flexibility index (Phi) is 4.61. The van der Waals surface area contributed by atoms with Crippen molar-refractivity contribution in [2.24, 2.45) is 0 Å². The molecule has 5 heteroatoms. The molecule has 0 aromatic carbocycles. The molecule has 19 heavy (non-hydrogen) atoms. The van der Waals surface area contributed by atoms with E-state index in [0.717, 1.165) is 24.8 Å². The van der Waals surface area contributed by atoms with Gasteiger partial charge in [0.2, 0.25) is 0 Å². The summed E-state index contributed by atoms with van der Waals surface area (Å²) in [4.78, 5) is 23.9. The SMILES string of the molecule is COC(=O)[C@@](C)(NC(=O)OC(C)(C)C)C1=CCCC1. The van der Waals surface area contributed by atoms with E-state index in [9.17, 15) is 9.59 Å². The lowest BCUT2D eigenvalue weighted by Crippen LogP contribution is -2.55. The third-order valence-electron chi connectivity index (χ3n) is 3.03. The largest absolute Gasteiger partial charge is 0.467 e. The van der Waals surface area contributed by atoms with Gasteiger partial charge in [0, 0.05) is 0 Å². The van der Waals surface area contributed by atoms with Gasteiger partial charge in [0.1, 0.15) is 5.60 Å². The fourth-order valence-corrected chi connectivity index (χ4v) is 2.10. The normalized spacial score (nSPS) is 18.3. The zero-order chi connectivity index (χ0) is 14.7. The Morgan fingerprint density at radius 3 is 2.32 bits per heavy atom. The molecule has 0 fully saturated rings. The number of alkyl carbamates (subject to hydrolysis) is 1. The first-order valence-electron chi connectivity index (χ1n) is 6.48. The quantitative estimate of drug-likeness (QED) is 0.631. The predicted molar refractivity (Wildman–Crippen MR) is 71.7 cm³/mol. The maximum atomic E-state index is 12.0. The van der Waals surface area contributed by atoms with Gasteiger partial charge in [-0.1, -0.05) is 6.08 Å². The lowest BCUT2D eigenvalue weighted by atomic mass is 9.91. The summed E-state index contributed by atoms with van der Waals surface area (Å²) in [6, 6.07) is 0. The van der Waals surface area contributed by atoms with E-state index >= 15 is 0 Å². The second-order valence-corrected chi connectivity index (χ2v) is 5.87. The number of rotatable bonds is 3. The molecule has 1 N–H and O–H groups in total. The summed E-state index contributed by atoms with van der Waals surface area (Å²) in [7, 11) is 1.31. The van der Waals surface area contributed by atoms with Crippen LogP contribution in [0.2, 0.25) is 0 Å². The summed E-state index contributed by atoms with van der Waals surface area (Å²) < 4.78 is 10.0. The molecule has 0 aliphatic heterocycles. The van der Waals surface area contributed by atoms with Crippen LogP contribution in [0.1, 0.15) is 47.0 Å². The fraction of sp³-hybridized carbons (Fsp3) is 0.714. The van der Waals surface area contributed by atoms with E-state index in [4.69, 9.17) is 9.47 Å². The number of esters is 1. The van der Waals surface area contributed by atoms with Crippen molar-refractivity contribution >= 4 is 12.1 Å². The van der Waals surface area contributed by atoms with E-state index in [0.29, 0.717) is 0 Å². The number of hydrogen-bond donors (Lipinski definition) is 1. The van der Waals surface area contributed by atoms with Crippen LogP contribution in [0.4, 0.5) is 4.79 Å². The minimum Gasteiger partial charge on any atom is -0.467 e. The third-order valence-corrected chi connectivity index (χ3v) is 3.03. The molecule has 0 bridgehead atoms. The highest BCUT2D eigenvalue weighted by Crippen LogP contribution is 2.29. The van der Waals surface area contributed by atoms with Crippen LogP contribution in [0.25, 0.3) is 0 Å². The lowest BCUT2D eigenvalue weighted by molar-refractivity contribution is -0.146. The van der Waals surface area contributed by atoms with Gasteiger partial charge in [0.05, 0.1) is 7.11 Å². The van der Waals surface area contributed by atoms with E-state index in [2.05, 4.69) is 5.32 Å². The number of carbonyl (C=O) groups is 2. The van der Waals surface area contributed by atoms with Gasteiger partial charge in [-0.15, -0.1) is 0 Å². The van der Waals surface area contributed by atoms with E-state index < -0.39 is 23.2 Å². The Bertz CT molecular complexity index is 395. The molecule has 0 aromatic heterocycles. The molecule has 108 valence electrons. The lowest BCUT2D eigenvalue weighted by Gasteiger charge is -2.30. The minimum absolute atomic E-state index is 0.480. The van der Waals surface area contributed by atoms with Crippen LogP contribution < -0.4 is 5.32 Å². The summed E-state index contributed by atoms with van der Waals surface area (Å²) in [5, 5.41) is 2.64. The summed E-state index contributed by atoms with van der Waals surface area (Å²) in [6.07, 6.45) is 4.04. The van der Waals surface area contributed by atoms with Crippen LogP contribution in [0, 0.1) is 0 Å². The molecule has 1 aliphatic rings. The van der Waals surface area contributed by atoms with Gasteiger partial charge in [-0.2, -0.15) is 0 Å². The van der Waals surface area contributed by atoms with Crippen molar-refractivity contribution in [2.75, 3.05) is 7.11 Å². The highest BCUT2D eigenvalue weighted by molar-refractivity contribution is 5.89. The maximum Gasteiger partial charge on any atom is 0.408 e. The van der Waals surface area contributed by atoms with Crippen LogP contribution in [0.15, 0.2) is 11.6 Å². The van der Waals surface area contributed by atoms with Gasteiger partial charge in [0.15, 0.2) is 5.54 Å². The smallest absolute Gasteiger partial charge is 0.408 e.